The lowest BCUT2D eigenvalue weighted by Crippen LogP contribution is -2.33. The molecule has 0 radical (unpaired) electrons. The lowest BCUT2D eigenvalue weighted by atomic mass is 10.1. The number of benzene rings is 2. The van der Waals surface area contributed by atoms with Gasteiger partial charge < -0.3 is 5.48 Å². The van der Waals surface area contributed by atoms with Crippen LogP contribution in [0.25, 0.3) is 38.4 Å². The second-order valence-electron chi connectivity index (χ2n) is 6.19. The van der Waals surface area contributed by atoms with Gasteiger partial charge in [-0.15, -0.1) is 0 Å². The number of H-pyrrole nitrogens is 1. The van der Waals surface area contributed by atoms with E-state index in [9.17, 15) is 4.79 Å². The van der Waals surface area contributed by atoms with Gasteiger partial charge in [0.2, 0.25) is 0 Å². The number of hydrogen-bond acceptors (Lipinski definition) is 3. The lowest BCUT2D eigenvalue weighted by Gasteiger charge is -2.02. The Morgan fingerprint density at radius 1 is 1.04 bits per heavy atom. The Kier molecular flexibility index (Phi) is 3.56. The summed E-state index contributed by atoms with van der Waals surface area (Å²) in [5.41, 5.74) is 3.03. The van der Waals surface area contributed by atoms with Crippen LogP contribution in [0.5, 0.6) is 0 Å². The summed E-state index contributed by atoms with van der Waals surface area (Å²) in [4.78, 5) is 17.5. The summed E-state index contributed by atoms with van der Waals surface area (Å²) in [6.07, 6.45) is 3.71. The van der Waals surface area contributed by atoms with Gasteiger partial charge in [0.05, 0.1) is 17.4 Å². The summed E-state index contributed by atoms with van der Waals surface area (Å²) in [6.45, 7) is 0. The van der Waals surface area contributed by atoms with Crippen LogP contribution < -0.4 is 10.1 Å². The minimum Gasteiger partial charge on any atom is -0.870 e. The number of hydrogen-bond donors (Lipinski definition) is 1. The van der Waals surface area contributed by atoms with Crippen LogP contribution in [0, 0.1) is 0 Å². The normalized spacial score (nSPS) is 11.1. The van der Waals surface area contributed by atoms with Gasteiger partial charge in [0.1, 0.15) is 12.6 Å². The van der Waals surface area contributed by atoms with E-state index in [-0.39, 0.29) is 11.0 Å². The number of nitrogens with one attached hydrogen (secondary N) is 1. The van der Waals surface area contributed by atoms with E-state index in [0.717, 1.165) is 32.9 Å². The van der Waals surface area contributed by atoms with Crippen molar-refractivity contribution in [3.8, 4) is 5.69 Å². The average molecular weight is 344 g/mol. The van der Waals surface area contributed by atoms with Gasteiger partial charge in [0.15, 0.2) is 6.20 Å². The van der Waals surface area contributed by atoms with Crippen molar-refractivity contribution >= 4 is 32.7 Å². The van der Waals surface area contributed by atoms with E-state index in [4.69, 9.17) is 0 Å². The number of aromatic nitrogens is 4. The van der Waals surface area contributed by atoms with Crippen molar-refractivity contribution in [1.82, 2.24) is 14.8 Å². The summed E-state index contributed by atoms with van der Waals surface area (Å²) in [6, 6.07) is 17.9. The number of pyridine rings is 2. The Morgan fingerprint density at radius 3 is 2.62 bits per heavy atom. The highest BCUT2D eigenvalue weighted by atomic mass is 16.1. The van der Waals surface area contributed by atoms with Gasteiger partial charge in [-0.05, 0) is 18.2 Å². The molecule has 128 valence electrons. The molecule has 0 aliphatic carbocycles. The Morgan fingerprint density at radius 2 is 1.77 bits per heavy atom. The number of para-hydroxylation sites is 1. The Balaban J connectivity index is 0.00000168. The molecule has 0 amide bonds. The molecule has 0 spiro atoms. The van der Waals surface area contributed by atoms with Gasteiger partial charge in [0.25, 0.3) is 5.52 Å². The van der Waals surface area contributed by atoms with Gasteiger partial charge in [-0.25, -0.2) is 4.68 Å². The third-order valence-corrected chi connectivity index (χ3v) is 4.62. The zero-order chi connectivity index (χ0) is 17.0. The molecule has 0 atom stereocenters. The molecule has 0 bridgehead atoms. The largest absolute Gasteiger partial charge is 0.870 e. The molecule has 5 rings (SSSR count). The number of aromatic amines is 1. The first-order chi connectivity index (χ1) is 12.2. The Bertz CT molecular complexity index is 1330. The monoisotopic (exact) mass is 344 g/mol. The van der Waals surface area contributed by atoms with Crippen LogP contribution >= 0.6 is 0 Å². The van der Waals surface area contributed by atoms with Gasteiger partial charge in [-0.1, -0.05) is 36.4 Å². The van der Waals surface area contributed by atoms with Crippen molar-refractivity contribution < 1.29 is 10.0 Å². The van der Waals surface area contributed by atoms with E-state index in [1.54, 1.807) is 10.9 Å². The maximum atomic E-state index is 13.0. The lowest BCUT2D eigenvalue weighted by molar-refractivity contribution is -0.644. The van der Waals surface area contributed by atoms with Crippen LogP contribution in [0.1, 0.15) is 0 Å². The number of nitrogens with zero attached hydrogens (tertiary/aromatic N) is 3. The molecule has 3 heterocycles. The van der Waals surface area contributed by atoms with Crippen LogP contribution in [0.15, 0.2) is 71.8 Å². The molecule has 2 N–H and O–H groups in total. The molecule has 0 saturated heterocycles. The molecule has 5 aromatic rings. The number of rotatable bonds is 1. The average Bonchev–Trinajstić information content (AvgIpc) is 3.00. The summed E-state index contributed by atoms with van der Waals surface area (Å²) in [7, 11) is 1.90. The highest BCUT2D eigenvalue weighted by molar-refractivity contribution is 6.01. The van der Waals surface area contributed by atoms with E-state index in [0.29, 0.717) is 5.52 Å². The molecule has 0 saturated carbocycles. The first-order valence-electron chi connectivity index (χ1n) is 8.10. The highest BCUT2D eigenvalue weighted by Gasteiger charge is 2.20. The van der Waals surface area contributed by atoms with E-state index >= 15 is 0 Å². The van der Waals surface area contributed by atoms with Crippen LogP contribution in [0.3, 0.4) is 0 Å². The van der Waals surface area contributed by atoms with Crippen molar-refractivity contribution in [2.24, 2.45) is 7.05 Å². The van der Waals surface area contributed by atoms with Crippen LogP contribution in [0.2, 0.25) is 0 Å². The molecular weight excluding hydrogens is 328 g/mol. The summed E-state index contributed by atoms with van der Waals surface area (Å²) in [5.74, 6) is 0. The zero-order valence-corrected chi connectivity index (χ0v) is 14.0. The van der Waals surface area contributed by atoms with Crippen molar-refractivity contribution in [2.75, 3.05) is 0 Å². The van der Waals surface area contributed by atoms with E-state index in [1.165, 1.54) is 0 Å². The van der Waals surface area contributed by atoms with Gasteiger partial charge >= 0.3 is 5.56 Å². The number of fused-ring (bicyclic) bond motifs is 4. The molecular formula is C20H16N4O2. The Hall–Kier alpha value is -3.51. The molecule has 0 fully saturated rings. The maximum absolute atomic E-state index is 13.0. The first-order valence-corrected chi connectivity index (χ1v) is 8.10. The third-order valence-electron chi connectivity index (χ3n) is 4.62. The smallest absolute Gasteiger partial charge is 0.344 e. The van der Waals surface area contributed by atoms with Gasteiger partial charge in [-0.2, -0.15) is 4.57 Å². The molecule has 2 aromatic carbocycles. The predicted molar refractivity (Wildman–Crippen MR) is 99.8 cm³/mol. The fourth-order valence-electron chi connectivity index (χ4n) is 3.42. The quantitative estimate of drug-likeness (QED) is 0.474. The third kappa shape index (κ3) is 2.20. The standard InChI is InChI=1S/C20H14N4O.H2O/c1-23-12-14-7-2-4-8-16(14)18-19(23)20(25)24(22-18)15-10-13-6-3-5-9-17(13)21-11-15;/h2-12H,1H3;1H2. The van der Waals surface area contributed by atoms with Crippen LogP contribution in [0.4, 0.5) is 0 Å². The number of aryl methyl sites for hydroxylation is 1. The van der Waals surface area contributed by atoms with Crippen LogP contribution in [-0.2, 0) is 7.05 Å². The fraction of sp³-hybridized carbons (Fsp3) is 0.0500. The maximum Gasteiger partial charge on any atom is 0.344 e. The minimum atomic E-state index is -0.0830. The topological polar surface area (TPSA) is 84.6 Å². The zero-order valence-electron chi connectivity index (χ0n) is 14.0. The van der Waals surface area contributed by atoms with Crippen molar-refractivity contribution in [3.05, 3.63) is 77.3 Å². The fourth-order valence-corrected chi connectivity index (χ4v) is 3.42. The van der Waals surface area contributed by atoms with Crippen molar-refractivity contribution in [3.63, 3.8) is 0 Å². The summed E-state index contributed by atoms with van der Waals surface area (Å²) < 4.78 is 3.44. The highest BCUT2D eigenvalue weighted by Crippen LogP contribution is 2.20. The van der Waals surface area contributed by atoms with Crippen LogP contribution in [-0.4, -0.2) is 20.2 Å². The van der Waals surface area contributed by atoms with E-state index in [2.05, 4.69) is 10.1 Å². The molecule has 6 heteroatoms. The van der Waals surface area contributed by atoms with E-state index < -0.39 is 0 Å². The second-order valence-corrected chi connectivity index (χ2v) is 6.19. The SMILES string of the molecule is C[n+]1cc2ccccc2c2[nH]n(-c3cnc4ccccc4c3)c(=O)c21.[OH-]. The van der Waals surface area contributed by atoms with Crippen molar-refractivity contribution in [2.45, 2.75) is 0 Å². The molecule has 0 aliphatic rings. The second kappa shape index (κ2) is 5.79. The molecule has 3 aromatic heterocycles. The predicted octanol–water partition coefficient (Wildman–Crippen LogP) is 2.67. The van der Waals surface area contributed by atoms with Gasteiger partial charge in [-0.3, -0.25) is 14.9 Å². The minimum absolute atomic E-state index is 0. The molecule has 26 heavy (non-hydrogen) atoms. The molecule has 6 nitrogen and oxygen atoms in total. The molecule has 0 unspecified atom stereocenters. The Labute approximate surface area is 148 Å². The first kappa shape index (κ1) is 16.0. The van der Waals surface area contributed by atoms with Crippen molar-refractivity contribution in [1.29, 1.82) is 0 Å². The summed E-state index contributed by atoms with van der Waals surface area (Å²) in [5, 5.41) is 6.39. The van der Waals surface area contributed by atoms with Gasteiger partial charge in [0, 0.05) is 16.2 Å². The summed E-state index contributed by atoms with van der Waals surface area (Å²) >= 11 is 0. The van der Waals surface area contributed by atoms with E-state index in [1.807, 2.05) is 72.4 Å². The molecule has 0 aliphatic heterocycles.